The normalized spacial score (nSPS) is 8.50. The van der Waals surface area contributed by atoms with Gasteiger partial charge in [-0.1, -0.05) is 0 Å². The molecular weight excluding hydrogens is 178 g/mol. The van der Waals surface area contributed by atoms with E-state index in [2.05, 4.69) is 0 Å². The summed E-state index contributed by atoms with van der Waals surface area (Å²) in [5.74, 6) is 0. The summed E-state index contributed by atoms with van der Waals surface area (Å²) in [5, 5.41) is 21.5. The first-order valence-corrected chi connectivity index (χ1v) is 2.87. The van der Waals surface area contributed by atoms with Gasteiger partial charge in [-0.3, -0.25) is 9.11 Å². The molecule has 0 amide bonds. The van der Waals surface area contributed by atoms with E-state index < -0.39 is 17.7 Å². The van der Waals surface area contributed by atoms with Gasteiger partial charge >= 0.3 is 47.3 Å². The van der Waals surface area contributed by atoms with Crippen molar-refractivity contribution in [1.29, 1.82) is 0 Å². The van der Waals surface area contributed by atoms with Crippen LogP contribution < -0.4 is 29.6 Å². The summed E-state index contributed by atoms with van der Waals surface area (Å²) in [6.07, 6.45) is 0. The maximum absolute atomic E-state index is 8.74. The third-order valence-corrected chi connectivity index (χ3v) is 0. The zero-order chi connectivity index (χ0) is 8.08. The average molecular weight is 184 g/mol. The molecule has 0 rings (SSSR count). The predicted octanol–water partition coefficient (Wildman–Crippen LogP) is -5.59. The molecule has 0 aromatic heterocycles. The second-order valence-electron chi connectivity index (χ2n) is 0.794. The number of hydrogen-bond donors (Lipinski definition) is 5. The Morgan fingerprint density at radius 1 is 1.10 bits per heavy atom. The van der Waals surface area contributed by atoms with Crippen LogP contribution in [-0.2, 0) is 10.4 Å². The first-order chi connectivity index (χ1) is 3.73. The van der Waals surface area contributed by atoms with Crippen molar-refractivity contribution in [1.82, 2.24) is 0 Å². The minimum atomic E-state index is -4.67. The molecule has 5 N–H and O–H groups in total. The molecule has 0 aliphatic heterocycles. The van der Waals surface area contributed by atoms with Crippen LogP contribution in [0.1, 0.15) is 1.43 Å². The largest absolute Gasteiger partial charge is 1.00 e. The van der Waals surface area contributed by atoms with Gasteiger partial charge in [0.05, 0.1) is 0 Å². The van der Waals surface area contributed by atoms with Gasteiger partial charge in [-0.15, -0.1) is 0 Å². The predicted molar refractivity (Wildman–Crippen MR) is 27.7 cm³/mol. The molecule has 0 aromatic rings. The van der Waals surface area contributed by atoms with Crippen LogP contribution in [0.15, 0.2) is 0 Å². The fourth-order valence-corrected chi connectivity index (χ4v) is 0. The van der Waals surface area contributed by atoms with Crippen molar-refractivity contribution in [3.8, 4) is 0 Å². The van der Waals surface area contributed by atoms with Crippen molar-refractivity contribution in [3.05, 3.63) is 0 Å². The standard InChI is InChI=1S/BH3O3.Na.H2O4S.H/c2-1(3)4;;1-5(2,3)4;/h2-4H;;(H2,1,2,3,4);/q;+1;;-1. The van der Waals surface area contributed by atoms with E-state index in [1.165, 1.54) is 0 Å². The van der Waals surface area contributed by atoms with Crippen LogP contribution in [0.2, 0.25) is 0 Å². The summed E-state index contributed by atoms with van der Waals surface area (Å²) >= 11 is 0. The number of rotatable bonds is 0. The minimum Gasteiger partial charge on any atom is -1.00 e. The first-order valence-electron chi connectivity index (χ1n) is 1.47. The fourth-order valence-electron chi connectivity index (χ4n) is 0. The Labute approximate surface area is 81.2 Å². The maximum Gasteiger partial charge on any atom is 1.00 e. The van der Waals surface area contributed by atoms with Crippen LogP contribution in [0.25, 0.3) is 0 Å². The van der Waals surface area contributed by atoms with Crippen molar-refractivity contribution in [3.63, 3.8) is 0 Å². The second kappa shape index (κ2) is 7.92. The van der Waals surface area contributed by atoms with Crippen LogP contribution in [0.5, 0.6) is 0 Å². The molecule has 58 valence electrons. The van der Waals surface area contributed by atoms with Crippen molar-refractivity contribution in [2.75, 3.05) is 0 Å². The van der Waals surface area contributed by atoms with Crippen LogP contribution in [0, 0.1) is 0 Å². The van der Waals surface area contributed by atoms with Crippen LogP contribution in [-0.4, -0.2) is 39.9 Å². The first kappa shape index (κ1) is 17.1. The molecule has 0 aliphatic carbocycles. The van der Waals surface area contributed by atoms with Gasteiger partial charge in [0.25, 0.3) is 0 Å². The second-order valence-corrected chi connectivity index (χ2v) is 1.69. The van der Waals surface area contributed by atoms with Gasteiger partial charge in [0, 0.05) is 0 Å². The molecule has 0 aromatic carbocycles. The maximum atomic E-state index is 8.74. The summed E-state index contributed by atoms with van der Waals surface area (Å²) < 4.78 is 31.6. The Morgan fingerprint density at radius 3 is 1.10 bits per heavy atom. The smallest absolute Gasteiger partial charge is 1.00 e. The molecule has 0 fully saturated rings. The molecule has 0 bridgehead atoms. The molecule has 10 heavy (non-hydrogen) atoms. The summed E-state index contributed by atoms with van der Waals surface area (Å²) in [6.45, 7) is 0. The SMILES string of the molecule is O=S(=O)(O)O.OB(O)O.[H-].[Na+]. The molecular formula is H6BNaO7S. The molecule has 0 saturated heterocycles. The summed E-state index contributed by atoms with van der Waals surface area (Å²) in [4.78, 5) is 0. The fraction of sp³-hybridized carbons (Fsp3) is 0. The summed E-state index contributed by atoms with van der Waals surface area (Å²) in [6, 6.07) is 0. The monoisotopic (exact) mass is 184 g/mol. The molecule has 0 aliphatic rings. The van der Waals surface area contributed by atoms with Gasteiger partial charge < -0.3 is 16.5 Å². The Balaban J connectivity index is -0.0000000383. The minimum absolute atomic E-state index is 0. The molecule has 0 saturated carbocycles. The molecule has 0 spiro atoms. The van der Waals surface area contributed by atoms with Gasteiger partial charge in [0.1, 0.15) is 0 Å². The molecule has 0 unspecified atom stereocenters. The quantitative estimate of drug-likeness (QED) is 0.187. The molecule has 7 nitrogen and oxygen atoms in total. The zero-order valence-electron chi connectivity index (χ0n) is 6.04. The van der Waals surface area contributed by atoms with E-state index in [1.807, 2.05) is 0 Å². The van der Waals surface area contributed by atoms with Crippen LogP contribution in [0.4, 0.5) is 0 Å². The summed E-state index contributed by atoms with van der Waals surface area (Å²) in [5.41, 5.74) is 0. The summed E-state index contributed by atoms with van der Waals surface area (Å²) in [7, 11) is -6.83. The topological polar surface area (TPSA) is 135 Å². The van der Waals surface area contributed by atoms with E-state index in [1.54, 1.807) is 0 Å². The van der Waals surface area contributed by atoms with Gasteiger partial charge in [-0.05, 0) is 0 Å². The van der Waals surface area contributed by atoms with Gasteiger partial charge in [0.2, 0.25) is 0 Å². The molecule has 0 radical (unpaired) electrons. The van der Waals surface area contributed by atoms with Gasteiger partial charge in [0.15, 0.2) is 0 Å². The van der Waals surface area contributed by atoms with E-state index >= 15 is 0 Å². The van der Waals surface area contributed by atoms with Crippen LogP contribution in [0.3, 0.4) is 0 Å². The van der Waals surface area contributed by atoms with Gasteiger partial charge in [-0.25, -0.2) is 0 Å². The third kappa shape index (κ3) is 811. The van der Waals surface area contributed by atoms with E-state index in [9.17, 15) is 0 Å². The van der Waals surface area contributed by atoms with Gasteiger partial charge in [-0.2, -0.15) is 8.42 Å². The van der Waals surface area contributed by atoms with Crippen molar-refractivity contribution in [2.24, 2.45) is 0 Å². The molecule has 0 heterocycles. The van der Waals surface area contributed by atoms with E-state index in [0.717, 1.165) is 0 Å². The van der Waals surface area contributed by atoms with Crippen molar-refractivity contribution >= 4 is 17.7 Å². The molecule has 0 atom stereocenters. The van der Waals surface area contributed by atoms with Crippen LogP contribution >= 0.6 is 0 Å². The zero-order valence-corrected chi connectivity index (χ0v) is 7.85. The Kier molecular flexibility index (Phi) is 13.5. The average Bonchev–Trinajstić information content (AvgIpc) is 1.19. The number of hydrogen-bond acceptors (Lipinski definition) is 5. The Hall–Kier alpha value is 0.815. The van der Waals surface area contributed by atoms with Crippen molar-refractivity contribution in [2.45, 2.75) is 0 Å². The van der Waals surface area contributed by atoms with E-state index in [-0.39, 0.29) is 31.0 Å². The third-order valence-electron chi connectivity index (χ3n) is 0. The molecule has 10 heteroatoms. The van der Waals surface area contributed by atoms with Crippen molar-refractivity contribution < 1.29 is 63.6 Å². The van der Waals surface area contributed by atoms with E-state index in [0.29, 0.717) is 0 Å². The Bertz CT molecular complexity index is 130. The Morgan fingerprint density at radius 2 is 1.10 bits per heavy atom. The van der Waals surface area contributed by atoms with E-state index in [4.69, 9.17) is 32.6 Å².